The number of ketones is 1. The number of hydrogen-bond donors (Lipinski definition) is 0. The van der Waals surface area contributed by atoms with E-state index in [9.17, 15) is 4.79 Å². The van der Waals surface area contributed by atoms with Gasteiger partial charge in [0.05, 0.1) is 6.61 Å². The van der Waals surface area contributed by atoms with Gasteiger partial charge in [0.1, 0.15) is 5.78 Å². The molecule has 0 aromatic carbocycles. The van der Waals surface area contributed by atoms with Crippen molar-refractivity contribution in [3.05, 3.63) is 0 Å². The SMILES string of the molecule is CCCCOCCN1CCC(=O)CC1C. The molecule has 1 rings (SSSR count). The van der Waals surface area contributed by atoms with E-state index < -0.39 is 0 Å². The van der Waals surface area contributed by atoms with Crippen LogP contribution < -0.4 is 0 Å². The summed E-state index contributed by atoms with van der Waals surface area (Å²) in [5.74, 6) is 0.408. The molecule has 1 atom stereocenters. The molecule has 0 spiro atoms. The number of piperidine rings is 1. The number of Topliss-reactive ketones (excluding diaryl/α,β-unsaturated/α-hetero) is 1. The molecule has 1 aliphatic rings. The van der Waals surface area contributed by atoms with Crippen molar-refractivity contribution in [3.8, 4) is 0 Å². The van der Waals surface area contributed by atoms with Crippen LogP contribution in [-0.2, 0) is 9.53 Å². The normalized spacial score (nSPS) is 23.3. The molecular formula is C12H23NO2. The van der Waals surface area contributed by atoms with Gasteiger partial charge in [-0.15, -0.1) is 0 Å². The molecule has 0 aromatic rings. The summed E-state index contributed by atoms with van der Waals surface area (Å²) in [6.45, 7) is 7.86. The zero-order valence-corrected chi connectivity index (χ0v) is 10.00. The van der Waals surface area contributed by atoms with E-state index in [1.165, 1.54) is 6.42 Å². The van der Waals surface area contributed by atoms with Crippen LogP contribution in [0.25, 0.3) is 0 Å². The lowest BCUT2D eigenvalue weighted by Crippen LogP contribution is -2.42. The van der Waals surface area contributed by atoms with Crippen molar-refractivity contribution in [2.45, 2.75) is 45.6 Å². The standard InChI is InChI=1S/C12H23NO2/c1-3-4-8-15-9-7-13-6-5-12(14)10-11(13)2/h11H,3-10H2,1-2H3. The second-order valence-electron chi connectivity index (χ2n) is 4.34. The minimum absolute atomic E-state index is 0.404. The van der Waals surface area contributed by atoms with Gasteiger partial charge in [-0.05, 0) is 13.3 Å². The first-order chi connectivity index (χ1) is 7.24. The van der Waals surface area contributed by atoms with Crippen LogP contribution in [0.4, 0.5) is 0 Å². The molecule has 0 aromatic heterocycles. The van der Waals surface area contributed by atoms with Gasteiger partial charge in [-0.1, -0.05) is 13.3 Å². The maximum Gasteiger partial charge on any atom is 0.135 e. The summed E-state index contributed by atoms with van der Waals surface area (Å²) in [5, 5.41) is 0. The van der Waals surface area contributed by atoms with Gasteiger partial charge < -0.3 is 4.74 Å². The molecule has 3 nitrogen and oxygen atoms in total. The van der Waals surface area contributed by atoms with Crippen molar-refractivity contribution in [2.75, 3.05) is 26.3 Å². The average Bonchev–Trinajstić information content (AvgIpc) is 2.20. The predicted octanol–water partition coefficient (Wildman–Crippen LogP) is 1.86. The van der Waals surface area contributed by atoms with Crippen molar-refractivity contribution >= 4 is 5.78 Å². The molecule has 1 unspecified atom stereocenters. The lowest BCUT2D eigenvalue weighted by Gasteiger charge is -2.32. The fourth-order valence-electron chi connectivity index (χ4n) is 1.91. The van der Waals surface area contributed by atoms with E-state index in [-0.39, 0.29) is 0 Å². The summed E-state index contributed by atoms with van der Waals surface area (Å²) in [7, 11) is 0. The molecule has 0 bridgehead atoms. The van der Waals surface area contributed by atoms with Gasteiger partial charge in [0.15, 0.2) is 0 Å². The highest BCUT2D eigenvalue weighted by Crippen LogP contribution is 2.12. The Bertz CT molecular complexity index is 194. The Balaban J connectivity index is 2.07. The van der Waals surface area contributed by atoms with Gasteiger partial charge in [-0.2, -0.15) is 0 Å². The molecule has 1 saturated heterocycles. The first kappa shape index (κ1) is 12.7. The molecule has 0 aliphatic carbocycles. The van der Waals surface area contributed by atoms with Crippen molar-refractivity contribution < 1.29 is 9.53 Å². The molecule has 3 heteroatoms. The van der Waals surface area contributed by atoms with E-state index >= 15 is 0 Å². The van der Waals surface area contributed by atoms with Crippen molar-refractivity contribution in [2.24, 2.45) is 0 Å². The average molecular weight is 213 g/mol. The summed E-state index contributed by atoms with van der Waals surface area (Å²) in [4.78, 5) is 13.5. The maximum absolute atomic E-state index is 11.2. The Morgan fingerprint density at radius 1 is 1.47 bits per heavy atom. The first-order valence-corrected chi connectivity index (χ1v) is 6.07. The predicted molar refractivity (Wildman–Crippen MR) is 61.0 cm³/mol. The molecule has 1 fully saturated rings. The number of unbranched alkanes of at least 4 members (excludes halogenated alkanes) is 1. The minimum Gasteiger partial charge on any atom is -0.380 e. The Morgan fingerprint density at radius 3 is 2.93 bits per heavy atom. The van der Waals surface area contributed by atoms with E-state index in [4.69, 9.17) is 4.74 Å². The summed E-state index contributed by atoms with van der Waals surface area (Å²) in [6.07, 6.45) is 3.77. The van der Waals surface area contributed by atoms with E-state index in [1.807, 2.05) is 0 Å². The fraction of sp³-hybridized carbons (Fsp3) is 0.917. The number of rotatable bonds is 6. The summed E-state index contributed by atoms with van der Waals surface area (Å²) >= 11 is 0. The molecule has 0 N–H and O–H groups in total. The van der Waals surface area contributed by atoms with Crippen LogP contribution in [0.3, 0.4) is 0 Å². The highest BCUT2D eigenvalue weighted by Gasteiger charge is 2.22. The topological polar surface area (TPSA) is 29.5 Å². The maximum atomic E-state index is 11.2. The Morgan fingerprint density at radius 2 is 2.27 bits per heavy atom. The van der Waals surface area contributed by atoms with Crippen LogP contribution in [0.5, 0.6) is 0 Å². The monoisotopic (exact) mass is 213 g/mol. The second kappa shape index (κ2) is 6.96. The molecule has 0 amide bonds. The Hall–Kier alpha value is -0.410. The lowest BCUT2D eigenvalue weighted by atomic mass is 10.0. The van der Waals surface area contributed by atoms with Gasteiger partial charge in [0.25, 0.3) is 0 Å². The number of nitrogens with zero attached hydrogens (tertiary/aromatic N) is 1. The smallest absolute Gasteiger partial charge is 0.135 e. The van der Waals surface area contributed by atoms with Gasteiger partial charge >= 0.3 is 0 Å². The van der Waals surface area contributed by atoms with E-state index in [0.29, 0.717) is 11.8 Å². The van der Waals surface area contributed by atoms with Crippen LogP contribution >= 0.6 is 0 Å². The van der Waals surface area contributed by atoms with E-state index in [0.717, 1.165) is 45.6 Å². The van der Waals surface area contributed by atoms with Gasteiger partial charge in [0, 0.05) is 38.6 Å². The van der Waals surface area contributed by atoms with Crippen molar-refractivity contribution in [1.82, 2.24) is 4.90 Å². The Labute approximate surface area is 92.8 Å². The van der Waals surface area contributed by atoms with Gasteiger partial charge in [0.2, 0.25) is 0 Å². The highest BCUT2D eigenvalue weighted by molar-refractivity contribution is 5.79. The Kier molecular flexibility index (Phi) is 5.88. The largest absolute Gasteiger partial charge is 0.380 e. The van der Waals surface area contributed by atoms with Crippen molar-refractivity contribution in [1.29, 1.82) is 0 Å². The third kappa shape index (κ3) is 4.76. The summed E-state index contributed by atoms with van der Waals surface area (Å²) in [6, 6.07) is 0.404. The fourth-order valence-corrected chi connectivity index (χ4v) is 1.91. The molecule has 88 valence electrons. The van der Waals surface area contributed by atoms with Crippen LogP contribution in [0, 0.1) is 0 Å². The molecule has 1 aliphatic heterocycles. The lowest BCUT2D eigenvalue weighted by molar-refractivity contribution is -0.123. The number of carbonyl (C=O) groups is 1. The van der Waals surface area contributed by atoms with Crippen LogP contribution in [-0.4, -0.2) is 43.0 Å². The van der Waals surface area contributed by atoms with Crippen LogP contribution in [0.15, 0.2) is 0 Å². The minimum atomic E-state index is 0.404. The third-order valence-electron chi connectivity index (χ3n) is 2.99. The number of hydrogen-bond acceptors (Lipinski definition) is 3. The quantitative estimate of drug-likeness (QED) is 0.631. The first-order valence-electron chi connectivity index (χ1n) is 6.07. The zero-order valence-electron chi connectivity index (χ0n) is 10.00. The van der Waals surface area contributed by atoms with Gasteiger partial charge in [-0.25, -0.2) is 0 Å². The zero-order chi connectivity index (χ0) is 11.1. The highest BCUT2D eigenvalue weighted by atomic mass is 16.5. The van der Waals surface area contributed by atoms with E-state index in [1.54, 1.807) is 0 Å². The molecule has 0 saturated carbocycles. The summed E-state index contributed by atoms with van der Waals surface area (Å²) in [5.41, 5.74) is 0. The molecule has 15 heavy (non-hydrogen) atoms. The van der Waals surface area contributed by atoms with Crippen molar-refractivity contribution in [3.63, 3.8) is 0 Å². The molecule has 1 heterocycles. The van der Waals surface area contributed by atoms with Gasteiger partial charge in [-0.3, -0.25) is 9.69 Å². The number of ether oxygens (including phenoxy) is 1. The van der Waals surface area contributed by atoms with E-state index in [2.05, 4.69) is 18.7 Å². The molecule has 0 radical (unpaired) electrons. The number of carbonyl (C=O) groups excluding carboxylic acids is 1. The summed E-state index contributed by atoms with van der Waals surface area (Å²) < 4.78 is 5.53. The van der Waals surface area contributed by atoms with Crippen LogP contribution in [0.2, 0.25) is 0 Å². The van der Waals surface area contributed by atoms with Crippen LogP contribution in [0.1, 0.15) is 39.5 Å². The molecular weight excluding hydrogens is 190 g/mol. The third-order valence-corrected chi connectivity index (χ3v) is 2.99. The number of likely N-dealkylation sites (tertiary alicyclic amines) is 1. The second-order valence-corrected chi connectivity index (χ2v) is 4.34.